The molecule has 0 radical (unpaired) electrons. The van der Waals surface area contributed by atoms with Crippen LogP contribution in [0.3, 0.4) is 0 Å². The Kier molecular flexibility index (Phi) is 4.00. The number of amides is 1. The molecule has 0 heterocycles. The maximum atomic E-state index is 12.5. The van der Waals surface area contributed by atoms with Gasteiger partial charge >= 0.3 is 6.09 Å². The Morgan fingerprint density at radius 3 is 2.54 bits per heavy atom. The van der Waals surface area contributed by atoms with Gasteiger partial charge in [-0.25, -0.2) is 9.18 Å². The molecule has 0 spiro atoms. The van der Waals surface area contributed by atoms with Gasteiger partial charge in [0.2, 0.25) is 0 Å². The van der Waals surface area contributed by atoms with E-state index >= 15 is 0 Å². The zero-order valence-corrected chi connectivity index (χ0v) is 7.31. The number of hydrogen-bond donors (Lipinski definition) is 2. The highest BCUT2D eigenvalue weighted by molar-refractivity contribution is 5.85. The second kappa shape index (κ2) is 4.51. The van der Waals surface area contributed by atoms with Gasteiger partial charge in [-0.15, -0.1) is 12.4 Å². The summed E-state index contributed by atoms with van der Waals surface area (Å²) in [4.78, 5) is 10.2. The van der Waals surface area contributed by atoms with Crippen molar-refractivity contribution in [3.63, 3.8) is 0 Å². The molecular weight excluding hydrogens is 199 g/mol. The number of hydrogen-bond acceptors (Lipinski definition) is 3. The molecule has 0 atom stereocenters. The van der Waals surface area contributed by atoms with Crippen molar-refractivity contribution in [2.24, 2.45) is 5.73 Å². The second-order valence-electron chi connectivity index (χ2n) is 2.10. The van der Waals surface area contributed by atoms with Gasteiger partial charge in [0.15, 0.2) is 0 Å². The molecule has 4 N–H and O–H groups in total. The van der Waals surface area contributed by atoms with Gasteiger partial charge in [0.25, 0.3) is 0 Å². The summed E-state index contributed by atoms with van der Waals surface area (Å²) in [7, 11) is 0. The van der Waals surface area contributed by atoms with Gasteiger partial charge in [-0.1, -0.05) is 0 Å². The number of carbonyl (C=O) groups excluding carboxylic acids is 1. The van der Waals surface area contributed by atoms with Crippen LogP contribution in [0.25, 0.3) is 0 Å². The molecule has 1 aromatic carbocycles. The monoisotopic (exact) mass is 206 g/mol. The van der Waals surface area contributed by atoms with E-state index in [4.69, 9.17) is 11.5 Å². The number of ether oxygens (including phenoxy) is 1. The Labute approximate surface area is 80.1 Å². The Balaban J connectivity index is 0.00000144. The van der Waals surface area contributed by atoms with E-state index in [-0.39, 0.29) is 23.8 Å². The van der Waals surface area contributed by atoms with Crippen LogP contribution in [-0.4, -0.2) is 6.09 Å². The molecule has 72 valence electrons. The maximum Gasteiger partial charge on any atom is 0.409 e. The summed E-state index contributed by atoms with van der Waals surface area (Å²) in [5.74, 6) is -0.437. The number of halogens is 2. The van der Waals surface area contributed by atoms with Crippen LogP contribution in [0.4, 0.5) is 14.9 Å². The molecule has 1 amide bonds. The molecule has 0 aliphatic rings. The third kappa shape index (κ3) is 3.16. The number of primary amides is 1. The summed E-state index contributed by atoms with van der Waals surface area (Å²) in [5.41, 5.74) is 9.82. The predicted octanol–water partition coefficient (Wildman–Crippen LogP) is 1.29. The molecule has 0 aromatic heterocycles. The molecular formula is C7H8ClFN2O2. The first-order valence-electron chi connectivity index (χ1n) is 3.12. The molecule has 0 fully saturated rings. The highest BCUT2D eigenvalue weighted by Crippen LogP contribution is 2.17. The second-order valence-corrected chi connectivity index (χ2v) is 2.10. The number of nitrogens with two attached hydrogens (primary N) is 2. The van der Waals surface area contributed by atoms with Crippen LogP contribution < -0.4 is 16.2 Å². The normalized spacial score (nSPS) is 8.69. The molecule has 1 rings (SSSR count). The van der Waals surface area contributed by atoms with Crippen LogP contribution in [0.15, 0.2) is 18.2 Å². The highest BCUT2D eigenvalue weighted by Gasteiger charge is 2.02. The molecule has 0 saturated heterocycles. The maximum absolute atomic E-state index is 12.5. The molecule has 13 heavy (non-hydrogen) atoms. The zero-order chi connectivity index (χ0) is 9.14. The van der Waals surface area contributed by atoms with Crippen molar-refractivity contribution in [1.29, 1.82) is 0 Å². The predicted molar refractivity (Wildman–Crippen MR) is 48.3 cm³/mol. The number of anilines is 1. The average Bonchev–Trinajstić information content (AvgIpc) is 1.96. The minimum absolute atomic E-state index is 0. The summed E-state index contributed by atoms with van der Waals surface area (Å²) >= 11 is 0. The fourth-order valence-electron chi connectivity index (χ4n) is 0.701. The van der Waals surface area contributed by atoms with Gasteiger partial charge in [-0.2, -0.15) is 0 Å². The minimum atomic E-state index is -0.957. The van der Waals surface area contributed by atoms with Gasteiger partial charge in [0.1, 0.15) is 11.6 Å². The van der Waals surface area contributed by atoms with Crippen molar-refractivity contribution in [3.8, 4) is 5.75 Å². The SMILES string of the molecule is Cl.NC(=O)Oc1ccc(F)c(N)c1. The van der Waals surface area contributed by atoms with Crippen LogP contribution in [0.2, 0.25) is 0 Å². The summed E-state index contributed by atoms with van der Waals surface area (Å²) in [6.07, 6.45) is -0.957. The van der Waals surface area contributed by atoms with Crippen LogP contribution >= 0.6 is 12.4 Å². The lowest BCUT2D eigenvalue weighted by atomic mass is 10.3. The molecule has 6 heteroatoms. The first-order chi connectivity index (χ1) is 5.59. The Morgan fingerprint density at radius 2 is 2.08 bits per heavy atom. The molecule has 1 aromatic rings. The van der Waals surface area contributed by atoms with E-state index in [0.29, 0.717) is 0 Å². The smallest absolute Gasteiger partial charge is 0.409 e. The lowest BCUT2D eigenvalue weighted by molar-refractivity contribution is 0.211. The lowest BCUT2D eigenvalue weighted by Gasteiger charge is -2.01. The summed E-state index contributed by atoms with van der Waals surface area (Å²) in [6, 6.07) is 3.53. The van der Waals surface area contributed by atoms with Crippen molar-refractivity contribution >= 4 is 24.2 Å². The van der Waals surface area contributed by atoms with E-state index in [1.807, 2.05) is 0 Å². The Morgan fingerprint density at radius 1 is 1.46 bits per heavy atom. The number of carbonyl (C=O) groups is 1. The summed E-state index contributed by atoms with van der Waals surface area (Å²) in [5, 5.41) is 0. The van der Waals surface area contributed by atoms with Gasteiger partial charge < -0.3 is 16.2 Å². The van der Waals surface area contributed by atoms with Crippen LogP contribution in [0.1, 0.15) is 0 Å². The van der Waals surface area contributed by atoms with E-state index in [2.05, 4.69) is 4.74 Å². The first kappa shape index (κ1) is 11.5. The van der Waals surface area contributed by atoms with Crippen molar-refractivity contribution in [3.05, 3.63) is 24.0 Å². The van der Waals surface area contributed by atoms with Crippen LogP contribution in [0.5, 0.6) is 5.75 Å². The summed E-state index contributed by atoms with van der Waals surface area (Å²) in [6.45, 7) is 0. The zero-order valence-electron chi connectivity index (χ0n) is 6.49. The van der Waals surface area contributed by atoms with Crippen LogP contribution in [-0.2, 0) is 0 Å². The summed E-state index contributed by atoms with van der Waals surface area (Å²) < 4.78 is 17.0. The number of nitrogen functional groups attached to an aromatic ring is 1. The molecule has 0 aliphatic carbocycles. The Hall–Kier alpha value is -1.49. The van der Waals surface area contributed by atoms with Gasteiger partial charge in [0.05, 0.1) is 5.69 Å². The molecule has 0 saturated carbocycles. The fourth-order valence-corrected chi connectivity index (χ4v) is 0.701. The van der Waals surface area contributed by atoms with Crippen molar-refractivity contribution in [2.75, 3.05) is 5.73 Å². The van der Waals surface area contributed by atoms with Gasteiger partial charge in [-0.05, 0) is 12.1 Å². The molecule has 4 nitrogen and oxygen atoms in total. The van der Waals surface area contributed by atoms with Gasteiger partial charge in [-0.3, -0.25) is 0 Å². The Bertz CT molecular complexity index is 319. The fraction of sp³-hybridized carbons (Fsp3) is 0. The van der Waals surface area contributed by atoms with E-state index in [1.165, 1.54) is 12.1 Å². The highest BCUT2D eigenvalue weighted by atomic mass is 35.5. The van der Waals surface area contributed by atoms with E-state index < -0.39 is 11.9 Å². The largest absolute Gasteiger partial charge is 0.410 e. The molecule has 0 aliphatic heterocycles. The average molecular weight is 207 g/mol. The third-order valence-electron chi connectivity index (χ3n) is 1.19. The van der Waals surface area contributed by atoms with E-state index in [1.54, 1.807) is 0 Å². The lowest BCUT2D eigenvalue weighted by Crippen LogP contribution is -2.16. The quantitative estimate of drug-likeness (QED) is 0.680. The van der Waals surface area contributed by atoms with Crippen molar-refractivity contribution in [1.82, 2.24) is 0 Å². The van der Waals surface area contributed by atoms with Crippen molar-refractivity contribution < 1.29 is 13.9 Å². The van der Waals surface area contributed by atoms with Gasteiger partial charge in [0, 0.05) is 6.07 Å². The standard InChI is InChI=1S/C7H7FN2O2.ClH/c8-5-2-1-4(3-6(5)9)12-7(10)11;/h1-3H,9H2,(H2,10,11);1H. The number of rotatable bonds is 1. The van der Waals surface area contributed by atoms with E-state index in [9.17, 15) is 9.18 Å². The molecule has 0 unspecified atom stereocenters. The van der Waals surface area contributed by atoms with E-state index in [0.717, 1.165) is 6.07 Å². The molecule has 0 bridgehead atoms. The number of benzene rings is 1. The minimum Gasteiger partial charge on any atom is -0.410 e. The topological polar surface area (TPSA) is 78.3 Å². The van der Waals surface area contributed by atoms with Crippen LogP contribution in [0, 0.1) is 5.82 Å². The third-order valence-corrected chi connectivity index (χ3v) is 1.19. The van der Waals surface area contributed by atoms with Crippen molar-refractivity contribution in [2.45, 2.75) is 0 Å². The first-order valence-corrected chi connectivity index (χ1v) is 3.12.